The maximum absolute atomic E-state index is 5.43. The number of allylic oxidation sites excluding steroid dienone is 9. The van der Waals surface area contributed by atoms with Crippen LogP contribution in [-0.4, -0.2) is 20.8 Å². The maximum atomic E-state index is 5.43. The molecule has 3 heterocycles. The minimum absolute atomic E-state index is 0.0844. The summed E-state index contributed by atoms with van der Waals surface area (Å²) in [6, 6.07) is 47.5. The zero-order valence-electron chi connectivity index (χ0n) is 31.1. The van der Waals surface area contributed by atoms with Crippen LogP contribution in [0.4, 0.5) is 0 Å². The molecule has 0 fully saturated rings. The van der Waals surface area contributed by atoms with Crippen molar-refractivity contribution in [2.75, 3.05) is 0 Å². The smallest absolute Gasteiger partial charge is 0.159 e. The van der Waals surface area contributed by atoms with Gasteiger partial charge in [-0.2, -0.15) is 0 Å². The summed E-state index contributed by atoms with van der Waals surface area (Å²) in [6.07, 6.45) is 18.8. The average molecular weight is 719 g/mol. The van der Waals surface area contributed by atoms with Crippen molar-refractivity contribution in [1.29, 1.82) is 0 Å². The summed E-state index contributed by atoms with van der Waals surface area (Å²) >= 11 is 0. The molecule has 2 aromatic heterocycles. The van der Waals surface area contributed by atoms with E-state index in [2.05, 4.69) is 168 Å². The van der Waals surface area contributed by atoms with Crippen LogP contribution < -0.4 is 0 Å². The van der Waals surface area contributed by atoms with Crippen molar-refractivity contribution < 1.29 is 0 Å². The van der Waals surface area contributed by atoms with E-state index < -0.39 is 0 Å². The van der Waals surface area contributed by atoms with Gasteiger partial charge in [-0.25, -0.2) is 15.0 Å². The van der Waals surface area contributed by atoms with Gasteiger partial charge in [-0.15, -0.1) is 0 Å². The van der Waals surface area contributed by atoms with Gasteiger partial charge in [0.2, 0.25) is 0 Å². The summed E-state index contributed by atoms with van der Waals surface area (Å²) in [5.41, 5.74) is 11.5. The highest BCUT2D eigenvalue weighted by Crippen LogP contribution is 2.46. The van der Waals surface area contributed by atoms with Crippen LogP contribution in [0.25, 0.3) is 55.2 Å². The molecule has 0 amide bonds. The molecular weight excluding hydrogens is 681 g/mol. The number of rotatable bonds is 7. The number of hydrogen-bond acceptors (Lipinski definition) is 4. The Bertz CT molecular complexity index is 2890. The lowest BCUT2D eigenvalue weighted by atomic mass is 9.70. The molecule has 5 aromatic carbocycles. The van der Waals surface area contributed by atoms with Crippen LogP contribution >= 0.6 is 0 Å². The Morgan fingerprint density at radius 1 is 0.696 bits per heavy atom. The standard InChI is InChI=1S/C52H38N4/c1-52(46-18-9-14-36-12-3-5-16-45(36)46)33-41(44-17-8-13-35-11-2-4-15-43(35)44)31-42(34-52)51-55-49(39-25-21-37(22-26-39)47-19-6-7-29-53-47)32-50(56-51)40-27-23-38(24-28-40)48-20-10-30-54-48/h2-27,29,31-32,34,40H,28,33H2,1H3. The molecule has 2 aliphatic carbocycles. The van der Waals surface area contributed by atoms with E-state index in [1.54, 1.807) is 0 Å². The van der Waals surface area contributed by atoms with E-state index in [-0.39, 0.29) is 11.3 Å². The molecule has 0 saturated carbocycles. The minimum Gasteiger partial charge on any atom is -0.256 e. The fourth-order valence-corrected chi connectivity index (χ4v) is 8.50. The van der Waals surface area contributed by atoms with E-state index in [9.17, 15) is 0 Å². The first-order valence-corrected chi connectivity index (χ1v) is 19.3. The number of aromatic nitrogens is 3. The Morgan fingerprint density at radius 2 is 1.43 bits per heavy atom. The van der Waals surface area contributed by atoms with Gasteiger partial charge in [-0.05, 0) is 92.9 Å². The van der Waals surface area contributed by atoms with Crippen LogP contribution in [-0.2, 0) is 5.41 Å². The van der Waals surface area contributed by atoms with Gasteiger partial charge in [0.1, 0.15) is 0 Å². The van der Waals surface area contributed by atoms with Gasteiger partial charge in [-0.1, -0.05) is 146 Å². The van der Waals surface area contributed by atoms with Gasteiger partial charge in [0.05, 0.1) is 22.8 Å². The quantitative estimate of drug-likeness (QED) is 0.165. The van der Waals surface area contributed by atoms with Crippen molar-refractivity contribution in [3.63, 3.8) is 0 Å². The molecule has 10 rings (SSSR count). The topological polar surface area (TPSA) is 51.0 Å². The average Bonchev–Trinajstić information content (AvgIpc) is 3.82. The SMILES string of the molecule is CC1(c2cccc3ccccc23)C=C(c2nc(-c3ccc(-c4ccccn4)cc3)cc(C3C=CC(C4=CC=C=N4)=CC3)n2)C=C(c2cccc3ccccc23)C1. The monoisotopic (exact) mass is 718 g/mol. The van der Waals surface area contributed by atoms with Crippen LogP contribution in [0.5, 0.6) is 0 Å². The van der Waals surface area contributed by atoms with Crippen molar-refractivity contribution in [3.05, 3.63) is 216 Å². The minimum atomic E-state index is -0.340. The second kappa shape index (κ2) is 14.0. The number of nitrogens with zero attached hydrogens (tertiary/aromatic N) is 4. The van der Waals surface area contributed by atoms with Gasteiger partial charge in [0.15, 0.2) is 5.82 Å². The van der Waals surface area contributed by atoms with Crippen LogP contribution in [0.3, 0.4) is 0 Å². The summed E-state index contributed by atoms with van der Waals surface area (Å²) in [6.45, 7) is 2.37. The molecule has 4 heteroatoms. The number of fused-ring (bicyclic) bond motifs is 2. The van der Waals surface area contributed by atoms with E-state index in [1.165, 1.54) is 38.2 Å². The zero-order chi connectivity index (χ0) is 37.5. The summed E-state index contributed by atoms with van der Waals surface area (Å²) in [4.78, 5) is 19.8. The molecule has 7 aromatic rings. The molecule has 0 radical (unpaired) electrons. The van der Waals surface area contributed by atoms with E-state index in [0.29, 0.717) is 0 Å². The lowest BCUT2D eigenvalue weighted by molar-refractivity contribution is 0.616. The van der Waals surface area contributed by atoms with Gasteiger partial charge in [0, 0.05) is 40.3 Å². The van der Waals surface area contributed by atoms with Crippen molar-refractivity contribution >= 4 is 38.6 Å². The second-order valence-corrected chi connectivity index (χ2v) is 15.0. The Kier molecular flexibility index (Phi) is 8.40. The van der Waals surface area contributed by atoms with Crippen molar-refractivity contribution in [2.45, 2.75) is 31.1 Å². The number of aliphatic imine (C=N–C) groups is 1. The number of hydrogen-bond donors (Lipinski definition) is 0. The first-order chi connectivity index (χ1) is 27.6. The van der Waals surface area contributed by atoms with E-state index in [4.69, 9.17) is 9.97 Å². The lowest BCUT2D eigenvalue weighted by Crippen LogP contribution is -2.23. The largest absolute Gasteiger partial charge is 0.256 e. The van der Waals surface area contributed by atoms with Crippen molar-refractivity contribution in [2.24, 2.45) is 4.99 Å². The third-order valence-electron chi connectivity index (χ3n) is 11.3. The fraction of sp³-hybridized carbons (Fsp3) is 0.0962. The van der Waals surface area contributed by atoms with Crippen LogP contribution in [0.2, 0.25) is 0 Å². The summed E-state index contributed by atoms with van der Waals surface area (Å²) in [5.74, 6) is 3.76. The molecule has 0 bridgehead atoms. The maximum Gasteiger partial charge on any atom is 0.159 e. The molecule has 2 unspecified atom stereocenters. The normalized spacial score (nSPS) is 18.8. The van der Waals surface area contributed by atoms with E-state index >= 15 is 0 Å². The van der Waals surface area contributed by atoms with Gasteiger partial charge >= 0.3 is 0 Å². The predicted molar refractivity (Wildman–Crippen MR) is 231 cm³/mol. The third kappa shape index (κ3) is 6.26. The summed E-state index contributed by atoms with van der Waals surface area (Å²) in [7, 11) is 0. The van der Waals surface area contributed by atoms with E-state index in [0.717, 1.165) is 63.7 Å². The molecule has 1 aliphatic heterocycles. The zero-order valence-corrected chi connectivity index (χ0v) is 31.1. The molecule has 3 aliphatic rings. The highest BCUT2D eigenvalue weighted by molar-refractivity contribution is 5.98. The first kappa shape index (κ1) is 33.6. The fourth-order valence-electron chi connectivity index (χ4n) is 8.50. The van der Waals surface area contributed by atoms with Crippen LogP contribution in [0.15, 0.2) is 198 Å². The molecule has 4 nitrogen and oxygen atoms in total. The lowest BCUT2D eigenvalue weighted by Gasteiger charge is -2.34. The highest BCUT2D eigenvalue weighted by atomic mass is 14.9. The van der Waals surface area contributed by atoms with Gasteiger partial charge in [-0.3, -0.25) is 4.98 Å². The Hall–Kier alpha value is -7.00. The van der Waals surface area contributed by atoms with Gasteiger partial charge < -0.3 is 0 Å². The second-order valence-electron chi connectivity index (χ2n) is 15.0. The molecule has 0 N–H and O–H groups in total. The first-order valence-electron chi connectivity index (χ1n) is 19.3. The molecular formula is C52H38N4. The molecule has 2 atom stereocenters. The van der Waals surface area contributed by atoms with Crippen LogP contribution in [0, 0.1) is 0 Å². The Balaban J connectivity index is 1.14. The summed E-state index contributed by atoms with van der Waals surface area (Å²) in [5, 5.41) is 4.99. The number of benzene rings is 5. The Labute approximate surface area is 327 Å². The molecule has 266 valence electrons. The van der Waals surface area contributed by atoms with Crippen molar-refractivity contribution in [3.8, 4) is 22.5 Å². The number of pyridine rings is 1. The van der Waals surface area contributed by atoms with Crippen LogP contribution in [0.1, 0.15) is 48.3 Å². The van der Waals surface area contributed by atoms with Gasteiger partial charge in [0.25, 0.3) is 0 Å². The van der Waals surface area contributed by atoms with E-state index in [1.807, 2.05) is 36.5 Å². The molecule has 56 heavy (non-hydrogen) atoms. The molecule has 0 saturated heterocycles. The third-order valence-corrected chi connectivity index (χ3v) is 11.3. The Morgan fingerprint density at radius 3 is 2.18 bits per heavy atom. The molecule has 0 spiro atoms. The predicted octanol–water partition coefficient (Wildman–Crippen LogP) is 12.4. The van der Waals surface area contributed by atoms with Crippen molar-refractivity contribution in [1.82, 2.24) is 15.0 Å². The highest BCUT2D eigenvalue weighted by Gasteiger charge is 2.33. The summed E-state index contributed by atoms with van der Waals surface area (Å²) < 4.78 is 0.